The van der Waals surface area contributed by atoms with Gasteiger partial charge in [-0.25, -0.2) is 4.68 Å². The van der Waals surface area contributed by atoms with Gasteiger partial charge in [0.05, 0.1) is 17.7 Å². The summed E-state index contributed by atoms with van der Waals surface area (Å²) < 4.78 is 6.01. The highest BCUT2D eigenvalue weighted by Gasteiger charge is 2.14. The summed E-state index contributed by atoms with van der Waals surface area (Å²) in [6.07, 6.45) is 0. The first-order valence-electron chi connectivity index (χ1n) is 6.77. The third kappa shape index (κ3) is 3.02. The van der Waals surface area contributed by atoms with E-state index >= 15 is 0 Å². The Bertz CT molecular complexity index is 775. The molecule has 0 radical (unpaired) electrons. The molecule has 0 aliphatic rings. The van der Waals surface area contributed by atoms with Crippen molar-refractivity contribution in [1.82, 2.24) is 9.78 Å². The molecular formula is C16H18N2O3. The molecule has 0 N–H and O–H groups in total. The highest BCUT2D eigenvalue weighted by Crippen LogP contribution is 2.20. The SMILES string of the molecule is C=C(C)c1nn(CC(=O)OCC)c(=O)c2ccc(C)cc12. The smallest absolute Gasteiger partial charge is 0.327 e. The summed E-state index contributed by atoms with van der Waals surface area (Å²) in [6, 6.07) is 5.52. The molecule has 5 nitrogen and oxygen atoms in total. The fourth-order valence-electron chi connectivity index (χ4n) is 2.15. The zero-order valence-corrected chi connectivity index (χ0v) is 12.5. The normalized spacial score (nSPS) is 10.6. The van der Waals surface area contributed by atoms with Crippen LogP contribution >= 0.6 is 0 Å². The largest absolute Gasteiger partial charge is 0.465 e. The first-order chi connectivity index (χ1) is 9.93. The molecule has 1 aromatic heterocycles. The number of rotatable bonds is 4. The van der Waals surface area contributed by atoms with Gasteiger partial charge in [0.2, 0.25) is 0 Å². The molecule has 5 heteroatoms. The molecule has 2 rings (SSSR count). The standard InChI is InChI=1S/C16H18N2O3/c1-5-21-14(19)9-18-16(20)12-7-6-11(4)8-13(12)15(17-18)10(2)3/h6-8H,2,5,9H2,1,3-4H3. The van der Waals surface area contributed by atoms with Crippen LogP contribution in [0.4, 0.5) is 0 Å². The molecule has 0 fully saturated rings. The number of benzene rings is 1. The molecule has 0 saturated heterocycles. The fourth-order valence-corrected chi connectivity index (χ4v) is 2.15. The highest BCUT2D eigenvalue weighted by molar-refractivity contribution is 5.91. The maximum atomic E-state index is 12.4. The van der Waals surface area contributed by atoms with Crippen LogP contribution in [0.3, 0.4) is 0 Å². The Balaban J connectivity index is 2.66. The molecule has 2 aromatic rings. The molecule has 0 amide bonds. The molecule has 0 saturated carbocycles. The monoisotopic (exact) mass is 286 g/mol. The van der Waals surface area contributed by atoms with Crippen molar-refractivity contribution in [3.05, 3.63) is 46.4 Å². The molecule has 0 spiro atoms. The molecule has 0 aliphatic carbocycles. The van der Waals surface area contributed by atoms with Crippen LogP contribution in [0.2, 0.25) is 0 Å². The van der Waals surface area contributed by atoms with Crippen molar-refractivity contribution in [2.75, 3.05) is 6.61 Å². The van der Waals surface area contributed by atoms with E-state index in [0.717, 1.165) is 21.2 Å². The van der Waals surface area contributed by atoms with Gasteiger partial charge in [0, 0.05) is 5.39 Å². The molecular weight excluding hydrogens is 268 g/mol. The number of carbonyl (C=O) groups excluding carboxylic acids is 1. The number of esters is 1. The topological polar surface area (TPSA) is 61.2 Å². The number of carbonyl (C=O) groups is 1. The van der Waals surface area contributed by atoms with Gasteiger partial charge in [-0.3, -0.25) is 9.59 Å². The lowest BCUT2D eigenvalue weighted by atomic mass is 10.0. The predicted molar refractivity (Wildman–Crippen MR) is 82.1 cm³/mol. The van der Waals surface area contributed by atoms with Crippen LogP contribution < -0.4 is 5.56 Å². The fraction of sp³-hybridized carbons (Fsp3) is 0.312. The molecule has 0 aliphatic heterocycles. The number of hydrogen-bond acceptors (Lipinski definition) is 4. The van der Waals surface area contributed by atoms with E-state index in [2.05, 4.69) is 11.7 Å². The average Bonchev–Trinajstić information content (AvgIpc) is 2.41. The Morgan fingerprint density at radius 3 is 2.71 bits per heavy atom. The highest BCUT2D eigenvalue weighted by atomic mass is 16.5. The van der Waals surface area contributed by atoms with E-state index in [1.807, 2.05) is 26.0 Å². The molecule has 0 bridgehead atoms. The zero-order chi connectivity index (χ0) is 15.6. The summed E-state index contributed by atoms with van der Waals surface area (Å²) in [6.45, 7) is 9.46. The molecule has 0 unspecified atom stereocenters. The summed E-state index contributed by atoms with van der Waals surface area (Å²) in [4.78, 5) is 24.0. The first kappa shape index (κ1) is 15.0. The van der Waals surface area contributed by atoms with Crippen molar-refractivity contribution >= 4 is 22.3 Å². The van der Waals surface area contributed by atoms with Gasteiger partial charge in [0.15, 0.2) is 0 Å². The van der Waals surface area contributed by atoms with Gasteiger partial charge in [-0.05, 0) is 38.5 Å². The second-order valence-corrected chi connectivity index (χ2v) is 4.95. The Labute approximate surface area is 122 Å². The van der Waals surface area contributed by atoms with E-state index in [4.69, 9.17) is 4.74 Å². The molecule has 0 atom stereocenters. The van der Waals surface area contributed by atoms with Crippen LogP contribution in [0.1, 0.15) is 25.1 Å². The molecule has 21 heavy (non-hydrogen) atoms. The minimum absolute atomic E-state index is 0.198. The van der Waals surface area contributed by atoms with Gasteiger partial charge in [0.25, 0.3) is 5.56 Å². The first-order valence-corrected chi connectivity index (χ1v) is 6.77. The summed E-state index contributed by atoms with van der Waals surface area (Å²) in [5, 5.41) is 5.55. The van der Waals surface area contributed by atoms with Crippen molar-refractivity contribution in [2.24, 2.45) is 0 Å². The van der Waals surface area contributed by atoms with E-state index in [0.29, 0.717) is 11.1 Å². The molecule has 1 aromatic carbocycles. The van der Waals surface area contributed by atoms with E-state index < -0.39 is 5.97 Å². The van der Waals surface area contributed by atoms with Crippen LogP contribution in [0.5, 0.6) is 0 Å². The Hall–Kier alpha value is -2.43. The van der Waals surface area contributed by atoms with Crippen LogP contribution in [-0.2, 0) is 16.1 Å². The van der Waals surface area contributed by atoms with Crippen LogP contribution in [0, 0.1) is 6.92 Å². The van der Waals surface area contributed by atoms with Crippen molar-refractivity contribution in [3.63, 3.8) is 0 Å². The van der Waals surface area contributed by atoms with Crippen molar-refractivity contribution in [2.45, 2.75) is 27.3 Å². The maximum Gasteiger partial charge on any atom is 0.327 e. The van der Waals surface area contributed by atoms with Gasteiger partial charge < -0.3 is 4.74 Å². The third-order valence-electron chi connectivity index (χ3n) is 3.10. The number of hydrogen-bond donors (Lipinski definition) is 0. The Kier molecular flexibility index (Phi) is 4.21. The lowest BCUT2D eigenvalue weighted by Gasteiger charge is -2.11. The maximum absolute atomic E-state index is 12.4. The number of fused-ring (bicyclic) bond motifs is 1. The number of nitrogens with zero attached hydrogens (tertiary/aromatic N) is 2. The molecule has 1 heterocycles. The van der Waals surface area contributed by atoms with Gasteiger partial charge in [-0.2, -0.15) is 5.10 Å². The summed E-state index contributed by atoms with van der Waals surface area (Å²) in [7, 11) is 0. The lowest BCUT2D eigenvalue weighted by molar-refractivity contribution is -0.144. The van der Waals surface area contributed by atoms with Crippen molar-refractivity contribution in [1.29, 1.82) is 0 Å². The van der Waals surface area contributed by atoms with Crippen LogP contribution in [-0.4, -0.2) is 22.4 Å². The van der Waals surface area contributed by atoms with E-state index in [-0.39, 0.29) is 18.7 Å². The van der Waals surface area contributed by atoms with Gasteiger partial charge >= 0.3 is 5.97 Å². The Morgan fingerprint density at radius 1 is 1.38 bits per heavy atom. The van der Waals surface area contributed by atoms with E-state index in [1.54, 1.807) is 13.0 Å². The van der Waals surface area contributed by atoms with Crippen LogP contribution in [0.15, 0.2) is 29.6 Å². The summed E-state index contributed by atoms with van der Waals surface area (Å²) in [5.41, 5.74) is 2.10. The van der Waals surface area contributed by atoms with E-state index in [1.165, 1.54) is 0 Å². The van der Waals surface area contributed by atoms with E-state index in [9.17, 15) is 9.59 Å². The summed E-state index contributed by atoms with van der Waals surface area (Å²) in [5.74, 6) is -0.480. The lowest BCUT2D eigenvalue weighted by Crippen LogP contribution is -2.28. The number of allylic oxidation sites excluding steroid dienone is 1. The number of aryl methyl sites for hydroxylation is 1. The second kappa shape index (κ2) is 5.91. The van der Waals surface area contributed by atoms with Gasteiger partial charge in [-0.15, -0.1) is 0 Å². The minimum Gasteiger partial charge on any atom is -0.465 e. The van der Waals surface area contributed by atoms with Crippen molar-refractivity contribution in [3.8, 4) is 0 Å². The number of aromatic nitrogens is 2. The molecule has 110 valence electrons. The van der Waals surface area contributed by atoms with Crippen molar-refractivity contribution < 1.29 is 9.53 Å². The minimum atomic E-state index is -0.480. The predicted octanol–water partition coefficient (Wildman–Crippen LogP) is 2.30. The third-order valence-corrected chi connectivity index (χ3v) is 3.10. The zero-order valence-electron chi connectivity index (χ0n) is 12.5. The van der Waals surface area contributed by atoms with Gasteiger partial charge in [-0.1, -0.05) is 18.2 Å². The summed E-state index contributed by atoms with van der Waals surface area (Å²) >= 11 is 0. The quantitative estimate of drug-likeness (QED) is 0.809. The number of ether oxygens (including phenoxy) is 1. The van der Waals surface area contributed by atoms with Crippen LogP contribution in [0.25, 0.3) is 16.3 Å². The average molecular weight is 286 g/mol. The second-order valence-electron chi connectivity index (χ2n) is 4.95. The van der Waals surface area contributed by atoms with Gasteiger partial charge in [0.1, 0.15) is 6.54 Å². The Morgan fingerprint density at radius 2 is 2.10 bits per heavy atom.